The smallest absolute Gasteiger partial charge is 0.237 e. The molecule has 2 fully saturated rings. The highest BCUT2D eigenvalue weighted by Gasteiger charge is 2.31. The Morgan fingerprint density at radius 1 is 1.24 bits per heavy atom. The van der Waals surface area contributed by atoms with E-state index in [1.54, 1.807) is 0 Å². The summed E-state index contributed by atoms with van der Waals surface area (Å²) in [6.07, 6.45) is 8.88. The highest BCUT2D eigenvalue weighted by atomic mass is 32.1. The summed E-state index contributed by atoms with van der Waals surface area (Å²) in [5, 5.41) is 17.3. The second-order valence-corrected chi connectivity index (χ2v) is 8.53. The minimum absolute atomic E-state index is 0.0125. The molecule has 25 heavy (non-hydrogen) atoms. The molecule has 2 aliphatic heterocycles. The van der Waals surface area contributed by atoms with Crippen molar-refractivity contribution >= 4 is 22.2 Å². The lowest BCUT2D eigenvalue weighted by molar-refractivity contribution is -0.123. The van der Waals surface area contributed by atoms with Crippen LogP contribution in [0.3, 0.4) is 0 Å². The van der Waals surface area contributed by atoms with Crippen molar-refractivity contribution in [2.75, 3.05) is 24.5 Å². The molecule has 4 rings (SSSR count). The van der Waals surface area contributed by atoms with Gasteiger partial charge in [-0.05, 0) is 57.1 Å². The van der Waals surface area contributed by atoms with E-state index in [0.717, 1.165) is 62.3 Å². The number of hydrogen-bond donors (Lipinski definition) is 2. The molecule has 3 heterocycles. The average molecular weight is 359 g/mol. The third-order valence-corrected chi connectivity index (χ3v) is 7.07. The van der Waals surface area contributed by atoms with Crippen molar-refractivity contribution < 1.29 is 4.79 Å². The van der Waals surface area contributed by atoms with E-state index in [1.807, 2.05) is 11.3 Å². The maximum absolute atomic E-state index is 12.3. The number of nitrogens with zero attached hydrogens (tertiary/aromatic N) is 2. The molecule has 0 spiro atoms. The third-order valence-electron chi connectivity index (χ3n) is 5.71. The first-order valence-corrected chi connectivity index (χ1v) is 10.4. The van der Waals surface area contributed by atoms with E-state index < -0.39 is 0 Å². The Morgan fingerprint density at radius 3 is 2.92 bits per heavy atom. The summed E-state index contributed by atoms with van der Waals surface area (Å²) in [5.41, 5.74) is 2.22. The summed E-state index contributed by atoms with van der Waals surface area (Å²) >= 11 is 1.82. The number of carbonyl (C=O) groups excluding carboxylic acids is 1. The number of hydrogen-bond acceptors (Lipinski definition) is 5. The van der Waals surface area contributed by atoms with Crippen LogP contribution in [-0.2, 0) is 17.6 Å². The minimum atomic E-state index is -0.0125. The molecular weight excluding hydrogens is 332 g/mol. The van der Waals surface area contributed by atoms with Crippen molar-refractivity contribution in [1.82, 2.24) is 10.6 Å². The Balaban J connectivity index is 1.45. The largest absolute Gasteiger partial charge is 0.360 e. The van der Waals surface area contributed by atoms with Crippen molar-refractivity contribution in [3.05, 3.63) is 16.0 Å². The monoisotopic (exact) mass is 358 g/mol. The fraction of sp³-hybridized carbons (Fsp3) is 0.684. The highest BCUT2D eigenvalue weighted by molar-refractivity contribution is 7.16. The standard InChI is InChI=1S/C19H26N4OS/c20-11-15-14-5-2-1-3-7-17(14)25-19(15)23-10-8-13(12-23)22-18(24)16-6-4-9-21-16/h13,16,21H,1-10,12H2,(H,22,24)/t13-,16-/m0/s1. The fourth-order valence-electron chi connectivity index (χ4n) is 4.34. The molecule has 0 radical (unpaired) electrons. The van der Waals surface area contributed by atoms with Gasteiger partial charge in [-0.25, -0.2) is 0 Å². The predicted molar refractivity (Wildman–Crippen MR) is 100 cm³/mol. The molecule has 0 bridgehead atoms. The van der Waals surface area contributed by atoms with Crippen LogP contribution in [0, 0.1) is 11.3 Å². The zero-order valence-electron chi connectivity index (χ0n) is 14.6. The van der Waals surface area contributed by atoms with E-state index in [9.17, 15) is 10.1 Å². The SMILES string of the molecule is N#Cc1c(N2CC[C@H](NC(=O)[C@@H]3CCCN3)C2)sc2c1CCCCC2. The summed E-state index contributed by atoms with van der Waals surface area (Å²) in [6, 6.07) is 2.67. The average Bonchev–Trinajstić information content (AvgIpc) is 3.32. The third kappa shape index (κ3) is 3.40. The number of amides is 1. The van der Waals surface area contributed by atoms with Gasteiger partial charge in [0.05, 0.1) is 11.6 Å². The number of fused-ring (bicyclic) bond motifs is 1. The number of anilines is 1. The van der Waals surface area contributed by atoms with Gasteiger partial charge in [-0.3, -0.25) is 4.79 Å². The summed E-state index contributed by atoms with van der Waals surface area (Å²) in [6.45, 7) is 2.70. The first-order chi connectivity index (χ1) is 12.3. The van der Waals surface area contributed by atoms with Crippen molar-refractivity contribution in [2.45, 2.75) is 63.5 Å². The molecule has 0 unspecified atom stereocenters. The van der Waals surface area contributed by atoms with Crippen LogP contribution in [0.4, 0.5) is 5.00 Å². The maximum atomic E-state index is 12.3. The second-order valence-electron chi connectivity index (χ2n) is 7.45. The Morgan fingerprint density at radius 2 is 2.12 bits per heavy atom. The van der Waals surface area contributed by atoms with Gasteiger partial charge in [-0.15, -0.1) is 11.3 Å². The molecule has 134 valence electrons. The number of nitriles is 1. The highest BCUT2D eigenvalue weighted by Crippen LogP contribution is 2.40. The molecule has 1 amide bonds. The van der Waals surface area contributed by atoms with Crippen LogP contribution < -0.4 is 15.5 Å². The molecule has 0 aromatic carbocycles. The Kier molecular flexibility index (Phi) is 4.96. The van der Waals surface area contributed by atoms with Crippen molar-refractivity contribution in [3.63, 3.8) is 0 Å². The van der Waals surface area contributed by atoms with Gasteiger partial charge in [-0.1, -0.05) is 6.42 Å². The number of nitrogens with one attached hydrogen (secondary N) is 2. The van der Waals surface area contributed by atoms with Crippen molar-refractivity contribution in [3.8, 4) is 6.07 Å². The molecule has 0 saturated carbocycles. The molecule has 1 aliphatic carbocycles. The predicted octanol–water partition coefficient (Wildman–Crippen LogP) is 2.34. The Hall–Kier alpha value is -1.58. The van der Waals surface area contributed by atoms with Crippen molar-refractivity contribution in [1.29, 1.82) is 5.26 Å². The van der Waals surface area contributed by atoms with E-state index in [2.05, 4.69) is 21.6 Å². The Labute approximate surface area is 153 Å². The Bertz CT molecular complexity index is 686. The second kappa shape index (κ2) is 7.35. The van der Waals surface area contributed by atoms with E-state index >= 15 is 0 Å². The van der Waals surface area contributed by atoms with E-state index in [4.69, 9.17) is 0 Å². The van der Waals surface area contributed by atoms with Gasteiger partial charge in [0.25, 0.3) is 0 Å². The molecule has 3 aliphatic rings. The van der Waals surface area contributed by atoms with Gasteiger partial charge < -0.3 is 15.5 Å². The summed E-state index contributed by atoms with van der Waals surface area (Å²) in [4.78, 5) is 16.1. The van der Waals surface area contributed by atoms with Crippen LogP contribution in [0.2, 0.25) is 0 Å². The van der Waals surface area contributed by atoms with Crippen LogP contribution in [0.15, 0.2) is 0 Å². The lowest BCUT2D eigenvalue weighted by Crippen LogP contribution is -2.46. The minimum Gasteiger partial charge on any atom is -0.360 e. The first kappa shape index (κ1) is 16.9. The molecule has 6 heteroatoms. The number of thiophene rings is 1. The van der Waals surface area contributed by atoms with Gasteiger partial charge in [0.2, 0.25) is 5.91 Å². The topological polar surface area (TPSA) is 68.2 Å². The lowest BCUT2D eigenvalue weighted by atomic mass is 10.1. The maximum Gasteiger partial charge on any atom is 0.237 e. The van der Waals surface area contributed by atoms with Crippen molar-refractivity contribution in [2.24, 2.45) is 0 Å². The fourth-order valence-corrected chi connectivity index (χ4v) is 5.71. The quantitative estimate of drug-likeness (QED) is 0.814. The van der Waals surface area contributed by atoms with E-state index in [-0.39, 0.29) is 18.0 Å². The number of carbonyl (C=O) groups is 1. The van der Waals surface area contributed by atoms with Gasteiger partial charge in [0.1, 0.15) is 11.1 Å². The normalized spacial score (nSPS) is 26.1. The number of rotatable bonds is 3. The van der Waals surface area contributed by atoms with E-state index in [1.165, 1.54) is 29.7 Å². The molecule has 1 aromatic heterocycles. The lowest BCUT2D eigenvalue weighted by Gasteiger charge is -2.19. The van der Waals surface area contributed by atoms with Gasteiger partial charge in [-0.2, -0.15) is 5.26 Å². The van der Waals surface area contributed by atoms with Crippen LogP contribution >= 0.6 is 11.3 Å². The molecule has 2 N–H and O–H groups in total. The van der Waals surface area contributed by atoms with Crippen LogP contribution in [0.5, 0.6) is 0 Å². The van der Waals surface area contributed by atoms with Gasteiger partial charge in [0.15, 0.2) is 0 Å². The summed E-state index contributed by atoms with van der Waals surface area (Å²) in [7, 11) is 0. The number of aryl methyl sites for hydroxylation is 1. The molecular formula is C19H26N4OS. The zero-order chi connectivity index (χ0) is 17.2. The summed E-state index contributed by atoms with van der Waals surface area (Å²) in [5.74, 6) is 0.145. The van der Waals surface area contributed by atoms with Crippen LogP contribution in [0.25, 0.3) is 0 Å². The van der Waals surface area contributed by atoms with Gasteiger partial charge >= 0.3 is 0 Å². The zero-order valence-corrected chi connectivity index (χ0v) is 15.5. The van der Waals surface area contributed by atoms with Crippen LogP contribution in [0.1, 0.15) is 54.5 Å². The molecule has 2 atom stereocenters. The summed E-state index contributed by atoms with van der Waals surface area (Å²) < 4.78 is 0. The molecule has 2 saturated heterocycles. The van der Waals surface area contributed by atoms with Gasteiger partial charge in [0, 0.05) is 24.0 Å². The molecule has 1 aromatic rings. The van der Waals surface area contributed by atoms with Crippen LogP contribution in [-0.4, -0.2) is 37.6 Å². The molecule has 5 nitrogen and oxygen atoms in total. The first-order valence-electron chi connectivity index (χ1n) is 9.59. The van der Waals surface area contributed by atoms with E-state index in [0.29, 0.717) is 0 Å².